The number of benzene rings is 2. The number of carbonyl (C=O) groups excluding carboxylic acids is 2. The molecule has 150 valence electrons. The van der Waals surface area contributed by atoms with Crippen LogP contribution in [0, 0.1) is 6.92 Å². The van der Waals surface area contributed by atoms with Crippen LogP contribution in [-0.4, -0.2) is 25.0 Å². The van der Waals surface area contributed by atoms with Gasteiger partial charge >= 0.3 is 0 Å². The van der Waals surface area contributed by atoms with E-state index in [9.17, 15) is 9.59 Å². The van der Waals surface area contributed by atoms with Gasteiger partial charge in [0.1, 0.15) is 5.75 Å². The van der Waals surface area contributed by atoms with E-state index >= 15 is 0 Å². The zero-order valence-electron chi connectivity index (χ0n) is 17.6. The second-order valence-electron chi connectivity index (χ2n) is 7.35. The van der Waals surface area contributed by atoms with E-state index in [1.54, 1.807) is 31.4 Å². The largest absolute Gasteiger partial charge is 0.496 e. The summed E-state index contributed by atoms with van der Waals surface area (Å²) in [4.78, 5) is 25.5. The highest BCUT2D eigenvalue weighted by atomic mass is 16.5. The Morgan fingerprint density at radius 2 is 1.71 bits per heavy atom. The van der Waals surface area contributed by atoms with E-state index in [1.807, 2.05) is 32.9 Å². The number of aryl methyl sites for hydroxylation is 1. The average Bonchev–Trinajstić information content (AvgIpc) is 2.67. The van der Waals surface area contributed by atoms with Gasteiger partial charge in [-0.1, -0.05) is 32.9 Å². The first-order valence-electron chi connectivity index (χ1n) is 9.68. The minimum absolute atomic E-state index is 0.0636. The summed E-state index contributed by atoms with van der Waals surface area (Å²) in [5.74, 6) is 0.554. The number of rotatable bonds is 7. The zero-order valence-corrected chi connectivity index (χ0v) is 17.6. The summed E-state index contributed by atoms with van der Waals surface area (Å²) in [6.07, 6.45) is 0.837. The Labute approximate surface area is 167 Å². The highest BCUT2D eigenvalue weighted by Gasteiger charge is 2.19. The molecule has 0 aliphatic carbocycles. The zero-order chi connectivity index (χ0) is 20.8. The van der Waals surface area contributed by atoms with Crippen LogP contribution in [0.5, 0.6) is 5.75 Å². The molecule has 0 spiro atoms. The van der Waals surface area contributed by atoms with E-state index in [0.29, 0.717) is 16.8 Å². The van der Waals surface area contributed by atoms with Crippen molar-refractivity contribution in [2.75, 3.05) is 12.4 Å². The topological polar surface area (TPSA) is 67.4 Å². The molecule has 2 N–H and O–H groups in total. The first kappa shape index (κ1) is 21.5. The molecule has 2 aromatic carbocycles. The number of carbonyl (C=O) groups is 2. The molecule has 0 saturated carbocycles. The third kappa shape index (κ3) is 4.91. The molecule has 0 heterocycles. The van der Waals surface area contributed by atoms with Gasteiger partial charge in [-0.15, -0.1) is 0 Å². The number of methoxy groups -OCH3 is 1. The maximum Gasteiger partial charge on any atom is 0.255 e. The van der Waals surface area contributed by atoms with Gasteiger partial charge in [0.05, 0.1) is 18.4 Å². The van der Waals surface area contributed by atoms with Crippen LogP contribution in [0.15, 0.2) is 36.4 Å². The van der Waals surface area contributed by atoms with E-state index in [1.165, 1.54) is 0 Å². The third-order valence-corrected chi connectivity index (χ3v) is 4.85. The highest BCUT2D eigenvalue weighted by Crippen LogP contribution is 2.30. The van der Waals surface area contributed by atoms with Crippen LogP contribution in [0.2, 0.25) is 0 Å². The lowest BCUT2D eigenvalue weighted by Crippen LogP contribution is -2.32. The number of nitrogens with one attached hydrogen (secondary N) is 2. The minimum atomic E-state index is -0.245. The summed E-state index contributed by atoms with van der Waals surface area (Å²) in [6.45, 7) is 9.96. The summed E-state index contributed by atoms with van der Waals surface area (Å²) in [6, 6.07) is 10.9. The van der Waals surface area contributed by atoms with Crippen LogP contribution >= 0.6 is 0 Å². The fourth-order valence-electron chi connectivity index (χ4n) is 2.95. The molecule has 2 aromatic rings. The Hall–Kier alpha value is -2.82. The van der Waals surface area contributed by atoms with Gasteiger partial charge in [0.25, 0.3) is 11.8 Å². The van der Waals surface area contributed by atoms with Gasteiger partial charge in [-0.2, -0.15) is 0 Å². The van der Waals surface area contributed by atoms with Crippen LogP contribution in [-0.2, 0) is 0 Å². The molecule has 0 fully saturated rings. The summed E-state index contributed by atoms with van der Waals surface area (Å²) in [7, 11) is 1.63. The molecule has 28 heavy (non-hydrogen) atoms. The first-order valence-corrected chi connectivity index (χ1v) is 9.68. The number of amides is 2. The van der Waals surface area contributed by atoms with E-state index in [0.717, 1.165) is 23.3 Å². The van der Waals surface area contributed by atoms with Gasteiger partial charge < -0.3 is 15.4 Å². The predicted octanol–water partition coefficient (Wildman–Crippen LogP) is 4.91. The Morgan fingerprint density at radius 3 is 2.32 bits per heavy atom. The average molecular weight is 383 g/mol. The lowest BCUT2D eigenvalue weighted by molar-refractivity contribution is 0.0940. The fourth-order valence-corrected chi connectivity index (χ4v) is 2.95. The van der Waals surface area contributed by atoms with Crippen molar-refractivity contribution in [3.63, 3.8) is 0 Å². The Morgan fingerprint density at radius 1 is 1.04 bits per heavy atom. The van der Waals surface area contributed by atoms with Crippen molar-refractivity contribution in [1.29, 1.82) is 0 Å². The van der Waals surface area contributed by atoms with E-state index in [-0.39, 0.29) is 23.8 Å². The van der Waals surface area contributed by atoms with Crippen molar-refractivity contribution in [3.05, 3.63) is 58.7 Å². The van der Waals surface area contributed by atoms with Crippen molar-refractivity contribution in [2.45, 2.75) is 53.0 Å². The lowest BCUT2D eigenvalue weighted by atomic mass is 9.96. The number of para-hydroxylation sites is 1. The van der Waals surface area contributed by atoms with E-state index in [4.69, 9.17) is 4.74 Å². The molecular weight excluding hydrogens is 352 g/mol. The number of hydrogen-bond acceptors (Lipinski definition) is 3. The molecule has 1 atom stereocenters. The molecule has 0 radical (unpaired) electrons. The number of anilines is 1. The van der Waals surface area contributed by atoms with Crippen molar-refractivity contribution < 1.29 is 14.3 Å². The number of ether oxygens (including phenoxy) is 1. The summed E-state index contributed by atoms with van der Waals surface area (Å²) in [5.41, 5.74) is 3.31. The molecule has 0 bridgehead atoms. The van der Waals surface area contributed by atoms with Crippen LogP contribution in [0.25, 0.3) is 0 Å². The Kier molecular flexibility index (Phi) is 7.21. The molecular formula is C23H30N2O3. The predicted molar refractivity (Wildman–Crippen MR) is 113 cm³/mol. The summed E-state index contributed by atoms with van der Waals surface area (Å²) >= 11 is 0. The fraction of sp³-hybridized carbons (Fsp3) is 0.391. The minimum Gasteiger partial charge on any atom is -0.496 e. The van der Waals surface area contributed by atoms with Gasteiger partial charge in [0.15, 0.2) is 0 Å². The van der Waals surface area contributed by atoms with Crippen molar-refractivity contribution in [1.82, 2.24) is 5.32 Å². The molecule has 5 nitrogen and oxygen atoms in total. The second-order valence-corrected chi connectivity index (χ2v) is 7.35. The molecule has 2 amide bonds. The molecule has 0 aromatic heterocycles. The highest BCUT2D eigenvalue weighted by molar-refractivity contribution is 6.09. The SMILES string of the molecule is CC[C@@H](C)NC(=O)c1ccccc1NC(=O)c1cc(C(C)C)c(OC)cc1C. The smallest absolute Gasteiger partial charge is 0.255 e. The monoisotopic (exact) mass is 382 g/mol. The maximum atomic E-state index is 13.0. The van der Waals surface area contributed by atoms with Gasteiger partial charge in [0, 0.05) is 11.6 Å². The van der Waals surface area contributed by atoms with Crippen LogP contribution in [0.3, 0.4) is 0 Å². The molecule has 0 unspecified atom stereocenters. The Bertz CT molecular complexity index is 859. The number of hydrogen-bond donors (Lipinski definition) is 2. The van der Waals surface area contributed by atoms with Gasteiger partial charge in [-0.3, -0.25) is 9.59 Å². The quantitative estimate of drug-likeness (QED) is 0.715. The van der Waals surface area contributed by atoms with Crippen molar-refractivity contribution in [2.24, 2.45) is 0 Å². The first-order chi connectivity index (χ1) is 13.3. The van der Waals surface area contributed by atoms with Crippen LogP contribution < -0.4 is 15.4 Å². The molecule has 0 saturated heterocycles. The third-order valence-electron chi connectivity index (χ3n) is 4.85. The van der Waals surface area contributed by atoms with E-state index in [2.05, 4.69) is 24.5 Å². The van der Waals surface area contributed by atoms with E-state index < -0.39 is 0 Å². The van der Waals surface area contributed by atoms with Crippen LogP contribution in [0.1, 0.15) is 71.9 Å². The Balaban J connectivity index is 2.34. The van der Waals surface area contributed by atoms with Gasteiger partial charge in [-0.25, -0.2) is 0 Å². The normalized spacial score (nSPS) is 11.8. The summed E-state index contributed by atoms with van der Waals surface area (Å²) in [5, 5.41) is 5.85. The molecule has 2 rings (SSSR count). The molecule has 0 aliphatic heterocycles. The van der Waals surface area contributed by atoms with Gasteiger partial charge in [0.2, 0.25) is 0 Å². The standard InChI is InChI=1S/C23H30N2O3/c1-7-16(5)24-22(26)17-10-8-9-11-20(17)25-23(27)19-13-18(14(2)3)21(28-6)12-15(19)4/h8-14,16H,7H2,1-6H3,(H,24,26)(H,25,27)/t16-/m1/s1. The summed E-state index contributed by atoms with van der Waals surface area (Å²) < 4.78 is 5.45. The van der Waals surface area contributed by atoms with Gasteiger partial charge in [-0.05, 0) is 61.6 Å². The lowest BCUT2D eigenvalue weighted by Gasteiger charge is -2.17. The van der Waals surface area contributed by atoms with Crippen molar-refractivity contribution >= 4 is 17.5 Å². The molecule has 5 heteroatoms. The van der Waals surface area contributed by atoms with Crippen LogP contribution in [0.4, 0.5) is 5.69 Å². The maximum absolute atomic E-state index is 13.0. The molecule has 0 aliphatic rings. The second kappa shape index (κ2) is 9.40. The van der Waals surface area contributed by atoms with Crippen molar-refractivity contribution in [3.8, 4) is 5.75 Å².